The Kier molecular flexibility index (Phi) is 2.17. The highest BCUT2D eigenvalue weighted by Gasteiger charge is 2.36. The quantitative estimate of drug-likeness (QED) is 0.401. The van der Waals surface area contributed by atoms with Crippen molar-refractivity contribution in [3.8, 4) is 11.1 Å². The first-order chi connectivity index (χ1) is 11.8. The summed E-state index contributed by atoms with van der Waals surface area (Å²) in [6.07, 6.45) is 1.11. The number of fused-ring (bicyclic) bond motifs is 4. The van der Waals surface area contributed by atoms with Crippen LogP contribution in [0.5, 0.6) is 0 Å². The topological polar surface area (TPSA) is 16.1 Å². The molecule has 2 nitrogen and oxygen atoms in total. The van der Waals surface area contributed by atoms with Crippen molar-refractivity contribution in [1.82, 2.24) is 4.98 Å². The Bertz CT molecular complexity index is 1160. The molecule has 0 saturated carbocycles. The lowest BCUT2D eigenvalue weighted by atomic mass is 9.91. The first kappa shape index (κ1) is 12.5. The van der Waals surface area contributed by atoms with Gasteiger partial charge in [0.1, 0.15) is 0 Å². The summed E-state index contributed by atoms with van der Waals surface area (Å²) in [5.41, 5.74) is 9.06. The summed E-state index contributed by atoms with van der Waals surface area (Å²) in [5, 5.41) is 2.56. The van der Waals surface area contributed by atoms with Gasteiger partial charge in [0.05, 0.1) is 22.4 Å². The summed E-state index contributed by atoms with van der Waals surface area (Å²) in [6.45, 7) is 2.33. The Morgan fingerprint density at radius 1 is 0.833 bits per heavy atom. The fourth-order valence-electron chi connectivity index (χ4n) is 4.61. The van der Waals surface area contributed by atoms with Crippen LogP contribution in [0, 0.1) is 0 Å². The van der Waals surface area contributed by atoms with Gasteiger partial charge in [-0.3, -0.25) is 0 Å². The van der Waals surface area contributed by atoms with Crippen LogP contribution in [0.1, 0.15) is 12.5 Å². The average molecular weight is 308 g/mol. The number of nitrogens with zero attached hydrogens (tertiary/aromatic N) is 2. The van der Waals surface area contributed by atoms with Gasteiger partial charge in [0, 0.05) is 22.4 Å². The lowest BCUT2D eigenvalue weighted by Crippen LogP contribution is -2.26. The molecule has 24 heavy (non-hydrogen) atoms. The maximum absolute atomic E-state index is 4.94. The predicted molar refractivity (Wildman–Crippen MR) is 100.0 cm³/mol. The molecule has 2 aliphatic rings. The number of para-hydroxylation sites is 2. The van der Waals surface area contributed by atoms with Crippen LogP contribution >= 0.6 is 0 Å². The molecule has 0 unspecified atom stereocenters. The summed E-state index contributed by atoms with van der Waals surface area (Å²) >= 11 is 0. The fraction of sp³-hybridized carbons (Fsp3) is 0.136. The predicted octanol–water partition coefficient (Wildman–Crippen LogP) is 5.45. The van der Waals surface area contributed by atoms with Crippen molar-refractivity contribution in [3.63, 3.8) is 0 Å². The molecule has 2 aliphatic heterocycles. The van der Waals surface area contributed by atoms with Crippen molar-refractivity contribution in [1.29, 1.82) is 0 Å². The molecule has 3 heterocycles. The van der Waals surface area contributed by atoms with Crippen molar-refractivity contribution >= 4 is 33.2 Å². The van der Waals surface area contributed by atoms with E-state index in [1.807, 2.05) is 0 Å². The maximum atomic E-state index is 4.94. The van der Waals surface area contributed by atoms with Crippen LogP contribution in [-0.4, -0.2) is 11.0 Å². The summed E-state index contributed by atoms with van der Waals surface area (Å²) in [7, 11) is 0. The van der Waals surface area contributed by atoms with Crippen LogP contribution in [0.25, 0.3) is 32.9 Å². The maximum Gasteiger partial charge on any atom is 0.0737 e. The van der Waals surface area contributed by atoms with Crippen molar-refractivity contribution in [3.05, 3.63) is 66.2 Å². The van der Waals surface area contributed by atoms with E-state index < -0.39 is 0 Å². The van der Waals surface area contributed by atoms with Crippen molar-refractivity contribution < 1.29 is 0 Å². The van der Waals surface area contributed by atoms with Crippen molar-refractivity contribution in [2.75, 3.05) is 4.90 Å². The third kappa shape index (κ3) is 1.35. The number of aromatic nitrogens is 1. The zero-order valence-electron chi connectivity index (χ0n) is 13.5. The van der Waals surface area contributed by atoms with Gasteiger partial charge in [0.25, 0.3) is 0 Å². The number of rotatable bonds is 0. The smallest absolute Gasteiger partial charge is 0.0737 e. The van der Waals surface area contributed by atoms with Gasteiger partial charge in [-0.1, -0.05) is 48.5 Å². The van der Waals surface area contributed by atoms with Crippen molar-refractivity contribution in [2.45, 2.75) is 19.4 Å². The van der Waals surface area contributed by atoms with E-state index in [2.05, 4.69) is 72.5 Å². The Morgan fingerprint density at radius 3 is 2.58 bits per heavy atom. The molecule has 2 heteroatoms. The minimum atomic E-state index is 0.475. The monoisotopic (exact) mass is 308 g/mol. The number of pyridine rings is 1. The van der Waals surface area contributed by atoms with Crippen LogP contribution in [-0.2, 0) is 6.42 Å². The van der Waals surface area contributed by atoms with Crippen LogP contribution in [0.15, 0.2) is 60.7 Å². The number of anilines is 2. The van der Waals surface area contributed by atoms with E-state index in [4.69, 9.17) is 4.98 Å². The van der Waals surface area contributed by atoms with E-state index in [1.165, 1.54) is 38.8 Å². The molecule has 114 valence electrons. The van der Waals surface area contributed by atoms with Crippen molar-refractivity contribution in [2.24, 2.45) is 0 Å². The van der Waals surface area contributed by atoms with E-state index in [-0.39, 0.29) is 0 Å². The van der Waals surface area contributed by atoms with Gasteiger partial charge in [-0.2, -0.15) is 0 Å². The van der Waals surface area contributed by atoms with Gasteiger partial charge < -0.3 is 4.90 Å². The normalized spacial score (nSPS) is 17.5. The van der Waals surface area contributed by atoms with Crippen LogP contribution in [0.4, 0.5) is 11.4 Å². The van der Waals surface area contributed by atoms with Gasteiger partial charge in [-0.25, -0.2) is 4.98 Å². The van der Waals surface area contributed by atoms with Gasteiger partial charge in [0.2, 0.25) is 0 Å². The number of hydrogen-bond acceptors (Lipinski definition) is 2. The average Bonchev–Trinajstić information content (AvgIpc) is 2.95. The molecule has 0 bridgehead atoms. The molecule has 0 spiro atoms. The first-order valence-corrected chi connectivity index (χ1v) is 8.56. The summed E-state index contributed by atoms with van der Waals surface area (Å²) in [5.74, 6) is 0. The standard InChI is InChI=1S/C22H16N2/c1-13-12-14-6-4-9-16-15-8-5-11-19-20(15)22(24(13)21(14)16)17-7-2-3-10-18(17)23-19/h2-11,13H,12H2,1H3/t13-/m0/s1. The van der Waals surface area contributed by atoms with Gasteiger partial charge in [0.15, 0.2) is 0 Å². The van der Waals surface area contributed by atoms with Crippen LogP contribution in [0.2, 0.25) is 0 Å². The van der Waals surface area contributed by atoms with E-state index in [1.54, 1.807) is 0 Å². The molecule has 0 N–H and O–H groups in total. The minimum Gasteiger partial charge on any atom is -0.336 e. The SMILES string of the molecule is C[C@H]1Cc2cccc3c2N1c1c2ccccc2nc2cccc-3c12. The third-order valence-corrected chi connectivity index (χ3v) is 5.53. The Balaban J connectivity index is 1.92. The summed E-state index contributed by atoms with van der Waals surface area (Å²) < 4.78 is 0. The first-order valence-electron chi connectivity index (χ1n) is 8.56. The van der Waals surface area contributed by atoms with Crippen LogP contribution in [0.3, 0.4) is 0 Å². The Labute approximate surface area is 140 Å². The van der Waals surface area contributed by atoms with E-state index in [9.17, 15) is 0 Å². The molecule has 6 rings (SSSR count). The van der Waals surface area contributed by atoms with Gasteiger partial charge in [-0.05, 0) is 36.6 Å². The van der Waals surface area contributed by atoms with E-state index in [0.717, 1.165) is 17.5 Å². The second-order valence-electron chi connectivity index (χ2n) is 6.91. The fourth-order valence-corrected chi connectivity index (χ4v) is 4.61. The molecule has 0 amide bonds. The Hall–Kier alpha value is -2.87. The Morgan fingerprint density at radius 2 is 1.62 bits per heavy atom. The highest BCUT2D eigenvalue weighted by Crippen LogP contribution is 2.54. The highest BCUT2D eigenvalue weighted by atomic mass is 15.2. The van der Waals surface area contributed by atoms with Gasteiger partial charge in [-0.15, -0.1) is 0 Å². The lowest BCUT2D eigenvalue weighted by molar-refractivity contribution is 0.762. The lowest BCUT2D eigenvalue weighted by Gasteiger charge is -2.33. The molecule has 0 radical (unpaired) electrons. The van der Waals surface area contributed by atoms with Crippen LogP contribution < -0.4 is 4.90 Å². The zero-order valence-corrected chi connectivity index (χ0v) is 13.5. The number of benzene rings is 3. The second-order valence-corrected chi connectivity index (χ2v) is 6.91. The molecular weight excluding hydrogens is 292 g/mol. The summed E-state index contributed by atoms with van der Waals surface area (Å²) in [6, 6.07) is 22.3. The highest BCUT2D eigenvalue weighted by molar-refractivity contribution is 6.19. The largest absolute Gasteiger partial charge is 0.336 e. The molecule has 0 saturated heterocycles. The zero-order chi connectivity index (χ0) is 15.8. The molecule has 1 aromatic heterocycles. The third-order valence-electron chi connectivity index (χ3n) is 5.53. The number of hydrogen-bond donors (Lipinski definition) is 0. The molecule has 0 fully saturated rings. The van der Waals surface area contributed by atoms with E-state index in [0.29, 0.717) is 6.04 Å². The molecule has 1 atom stereocenters. The summed E-state index contributed by atoms with van der Waals surface area (Å²) in [4.78, 5) is 7.50. The molecule has 3 aromatic carbocycles. The molecule has 0 aliphatic carbocycles. The molecular formula is C22H16N2. The molecule has 4 aromatic rings. The minimum absolute atomic E-state index is 0.475. The second kappa shape index (κ2) is 4.15. The van der Waals surface area contributed by atoms with E-state index >= 15 is 0 Å². The van der Waals surface area contributed by atoms with Gasteiger partial charge >= 0.3 is 0 Å².